The third kappa shape index (κ3) is 5.88. The lowest BCUT2D eigenvalue weighted by Crippen LogP contribution is -2.64. The summed E-state index contributed by atoms with van der Waals surface area (Å²) in [7, 11) is 5.04. The van der Waals surface area contributed by atoms with Gasteiger partial charge in [0.25, 0.3) is 0 Å². The van der Waals surface area contributed by atoms with E-state index < -0.39 is 6.10 Å². The number of rotatable bonds is 8. The maximum absolute atomic E-state index is 12.3. The summed E-state index contributed by atoms with van der Waals surface area (Å²) in [5, 5.41) is 18.3. The van der Waals surface area contributed by atoms with Gasteiger partial charge in [-0.2, -0.15) is 5.10 Å². The molecule has 42 heavy (non-hydrogen) atoms. The van der Waals surface area contributed by atoms with Crippen LogP contribution in [0.25, 0.3) is 22.8 Å². The summed E-state index contributed by atoms with van der Waals surface area (Å²) >= 11 is 13.1. The molecule has 0 radical (unpaired) electrons. The van der Waals surface area contributed by atoms with E-state index in [-0.39, 0.29) is 18.1 Å². The average molecular weight is 619 g/mol. The van der Waals surface area contributed by atoms with Gasteiger partial charge < -0.3 is 29.7 Å². The van der Waals surface area contributed by atoms with Crippen molar-refractivity contribution in [3.63, 3.8) is 0 Å². The van der Waals surface area contributed by atoms with Crippen molar-refractivity contribution in [2.24, 2.45) is 12.5 Å². The van der Waals surface area contributed by atoms with Gasteiger partial charge in [0.1, 0.15) is 24.3 Å². The molecule has 0 bridgehead atoms. The number of methoxy groups -OCH3 is 1. The number of halogens is 2. The highest BCUT2D eigenvalue weighted by atomic mass is 35.5. The first-order valence-corrected chi connectivity index (χ1v) is 14.7. The van der Waals surface area contributed by atoms with Gasteiger partial charge in [0, 0.05) is 61.9 Å². The minimum absolute atomic E-state index is 0.0184. The van der Waals surface area contributed by atoms with E-state index in [9.17, 15) is 9.90 Å². The number of carbonyl (C=O) groups excluding carboxylic acids is 1. The third-order valence-corrected chi connectivity index (χ3v) is 8.77. The lowest BCUT2D eigenvalue weighted by atomic mass is 9.73. The van der Waals surface area contributed by atoms with Crippen LogP contribution < -0.4 is 15.0 Å². The van der Waals surface area contributed by atoms with Crippen molar-refractivity contribution in [2.45, 2.75) is 32.8 Å². The third-order valence-electron chi connectivity index (χ3n) is 8.08. The summed E-state index contributed by atoms with van der Waals surface area (Å²) in [6, 6.07) is 5.30. The van der Waals surface area contributed by atoms with E-state index >= 15 is 0 Å². The quantitative estimate of drug-likeness (QED) is 0.385. The molecule has 1 atom stereocenters. The van der Waals surface area contributed by atoms with Crippen LogP contribution in [0.3, 0.4) is 0 Å². The molecule has 13 heteroatoms. The zero-order chi connectivity index (χ0) is 30.2. The highest BCUT2D eigenvalue weighted by molar-refractivity contribution is 6.33. The smallest absolute Gasteiger partial charge is 0.409 e. The van der Waals surface area contributed by atoms with E-state index in [4.69, 9.17) is 42.6 Å². The van der Waals surface area contributed by atoms with Crippen LogP contribution in [0.1, 0.15) is 24.0 Å². The van der Waals surface area contributed by atoms with Crippen molar-refractivity contribution in [1.82, 2.24) is 30.0 Å². The first-order chi connectivity index (χ1) is 20.1. The summed E-state index contributed by atoms with van der Waals surface area (Å²) < 4.78 is 12.6. The fourth-order valence-corrected chi connectivity index (χ4v) is 6.41. The van der Waals surface area contributed by atoms with Crippen LogP contribution in [0.15, 0.2) is 18.2 Å². The fourth-order valence-electron chi connectivity index (χ4n) is 6.01. The molecule has 11 nitrogen and oxygen atoms in total. The van der Waals surface area contributed by atoms with Gasteiger partial charge in [-0.3, -0.25) is 4.68 Å². The molecule has 2 aliphatic rings. The number of benzene rings is 1. The number of nitrogens with zero attached hydrogens (tertiary/aromatic N) is 6. The normalized spacial score (nSPS) is 16.9. The van der Waals surface area contributed by atoms with Crippen LogP contribution in [-0.2, 0) is 11.8 Å². The number of piperidine rings is 1. The molecule has 4 heterocycles. The molecule has 2 aromatic heterocycles. The largest absolute Gasteiger partial charge is 0.491 e. The van der Waals surface area contributed by atoms with E-state index in [1.54, 1.807) is 34.8 Å². The SMILES string of the molecule is CNC[C@@H](O)COc1ccc(Cl)c(-c2nc(-c3c(C)c(Cl)nn3C)c(C)c(N3CC4(CCCN(C(=O)OC)C4)C3)n2)c1. The summed E-state index contributed by atoms with van der Waals surface area (Å²) in [6.45, 7) is 7.33. The van der Waals surface area contributed by atoms with Gasteiger partial charge in [-0.05, 0) is 51.9 Å². The number of carbonyl (C=O) groups is 1. The van der Waals surface area contributed by atoms with E-state index in [1.165, 1.54) is 7.11 Å². The Bertz CT molecular complexity index is 1470. The van der Waals surface area contributed by atoms with E-state index in [0.29, 0.717) is 52.6 Å². The van der Waals surface area contributed by atoms with Crippen molar-refractivity contribution in [1.29, 1.82) is 0 Å². The number of hydrogen-bond acceptors (Lipinski definition) is 9. The van der Waals surface area contributed by atoms with Gasteiger partial charge in [0.15, 0.2) is 11.0 Å². The zero-order valence-electron chi connectivity index (χ0n) is 24.6. The Morgan fingerprint density at radius 1 is 1.19 bits per heavy atom. The molecule has 2 saturated heterocycles. The molecule has 0 aliphatic carbocycles. The Morgan fingerprint density at radius 2 is 1.95 bits per heavy atom. The lowest BCUT2D eigenvalue weighted by molar-refractivity contribution is 0.0501. The number of aliphatic hydroxyl groups is 1. The molecule has 3 aromatic rings. The second kappa shape index (κ2) is 12.2. The summed E-state index contributed by atoms with van der Waals surface area (Å²) in [5.74, 6) is 1.78. The lowest BCUT2D eigenvalue weighted by Gasteiger charge is -2.55. The van der Waals surface area contributed by atoms with E-state index in [2.05, 4.69) is 15.3 Å². The van der Waals surface area contributed by atoms with Crippen LogP contribution in [-0.4, -0.2) is 95.4 Å². The fraction of sp³-hybridized carbons (Fsp3) is 0.517. The first kappa shape index (κ1) is 30.3. The van der Waals surface area contributed by atoms with Gasteiger partial charge in [-0.25, -0.2) is 14.8 Å². The Hall–Kier alpha value is -3.12. The first-order valence-electron chi connectivity index (χ1n) is 14.0. The highest BCUT2D eigenvalue weighted by Gasteiger charge is 2.48. The Labute approximate surface area is 255 Å². The van der Waals surface area contributed by atoms with Crippen molar-refractivity contribution < 1.29 is 19.4 Å². The number of nitrogens with one attached hydrogen (secondary N) is 1. The molecular weight excluding hydrogens is 581 g/mol. The molecule has 0 unspecified atom stereocenters. The predicted molar refractivity (Wildman–Crippen MR) is 162 cm³/mol. The molecule has 2 N–H and O–H groups in total. The number of likely N-dealkylation sites (tertiary alicyclic amines) is 1. The predicted octanol–water partition coefficient (Wildman–Crippen LogP) is 4.10. The maximum atomic E-state index is 12.3. The number of amides is 1. The van der Waals surface area contributed by atoms with Crippen molar-refractivity contribution in [3.8, 4) is 28.5 Å². The molecule has 0 saturated carbocycles. The second-order valence-electron chi connectivity index (χ2n) is 11.2. The van der Waals surface area contributed by atoms with Gasteiger partial charge in [-0.15, -0.1) is 0 Å². The van der Waals surface area contributed by atoms with E-state index in [1.807, 2.05) is 20.9 Å². The van der Waals surface area contributed by atoms with Gasteiger partial charge in [0.2, 0.25) is 0 Å². The molecule has 1 spiro atoms. The zero-order valence-corrected chi connectivity index (χ0v) is 26.1. The molecule has 226 valence electrons. The number of ether oxygens (including phenoxy) is 2. The van der Waals surface area contributed by atoms with Crippen LogP contribution in [0.5, 0.6) is 5.75 Å². The highest BCUT2D eigenvalue weighted by Crippen LogP contribution is 2.44. The molecule has 2 fully saturated rings. The number of aryl methyl sites for hydroxylation is 1. The standard InChI is InChI=1S/C29H37Cl2N7O4/c1-17-23(24-18(2)25(31)35-36(24)4)33-26(21-11-20(7-8-22(21)30)42-13-19(39)12-32-3)34-27(17)38-15-29(16-38)9-6-10-37(14-29)28(40)41-5/h7-8,11,19,32,39H,6,9-10,12-16H2,1-5H3/t19-/m1/s1. The maximum Gasteiger partial charge on any atom is 0.409 e. The Balaban J connectivity index is 1.53. The summed E-state index contributed by atoms with van der Waals surface area (Å²) in [4.78, 5) is 26.3. The van der Waals surface area contributed by atoms with Crippen molar-refractivity contribution in [3.05, 3.63) is 39.5 Å². The Morgan fingerprint density at radius 3 is 2.62 bits per heavy atom. The van der Waals surface area contributed by atoms with Crippen molar-refractivity contribution in [2.75, 3.05) is 58.4 Å². The monoisotopic (exact) mass is 617 g/mol. The number of likely N-dealkylation sites (N-methyl/N-ethyl adjacent to an activating group) is 1. The summed E-state index contributed by atoms with van der Waals surface area (Å²) in [6.07, 6.45) is 1.02. The molecule has 5 rings (SSSR count). The van der Waals surface area contributed by atoms with Crippen molar-refractivity contribution >= 4 is 35.1 Å². The number of hydrogen-bond donors (Lipinski definition) is 2. The molecular formula is C29H37Cl2N7O4. The van der Waals surface area contributed by atoms with Crippen LogP contribution in [0, 0.1) is 19.3 Å². The molecule has 2 aliphatic heterocycles. The molecule has 1 aromatic carbocycles. The summed E-state index contributed by atoms with van der Waals surface area (Å²) in [5.41, 5.74) is 3.81. The number of anilines is 1. The van der Waals surface area contributed by atoms with Crippen LogP contribution in [0.4, 0.5) is 10.6 Å². The number of aliphatic hydroxyl groups excluding tert-OH is 1. The van der Waals surface area contributed by atoms with Gasteiger partial charge in [-0.1, -0.05) is 23.2 Å². The minimum Gasteiger partial charge on any atom is -0.491 e. The topological polar surface area (TPSA) is 118 Å². The van der Waals surface area contributed by atoms with Gasteiger partial charge >= 0.3 is 6.09 Å². The average Bonchev–Trinajstić information content (AvgIpc) is 3.21. The Kier molecular flexibility index (Phi) is 8.84. The van der Waals surface area contributed by atoms with Crippen LogP contribution >= 0.6 is 23.2 Å². The molecule has 1 amide bonds. The minimum atomic E-state index is -0.658. The van der Waals surface area contributed by atoms with Crippen LogP contribution in [0.2, 0.25) is 10.2 Å². The van der Waals surface area contributed by atoms with Gasteiger partial charge in [0.05, 0.1) is 23.5 Å². The second-order valence-corrected chi connectivity index (χ2v) is 12.0. The van der Waals surface area contributed by atoms with E-state index in [0.717, 1.165) is 48.6 Å². The number of aromatic nitrogens is 4.